The molecular weight excluding hydrogens is 362 g/mol. The summed E-state index contributed by atoms with van der Waals surface area (Å²) in [6.45, 7) is -1.21. The van der Waals surface area contributed by atoms with Crippen molar-refractivity contribution in [2.24, 2.45) is 0 Å². The first-order valence-corrected chi connectivity index (χ1v) is 6.81. The molecule has 0 aliphatic heterocycles. The summed E-state index contributed by atoms with van der Waals surface area (Å²) in [7, 11) is 0. The van der Waals surface area contributed by atoms with E-state index in [2.05, 4.69) is 36.6 Å². The molecule has 1 aromatic carbocycles. The third-order valence-corrected chi connectivity index (χ3v) is 3.10. The van der Waals surface area contributed by atoms with Gasteiger partial charge in [0.25, 0.3) is 0 Å². The van der Waals surface area contributed by atoms with E-state index in [1.807, 2.05) is 0 Å². The van der Waals surface area contributed by atoms with Crippen molar-refractivity contribution < 1.29 is 18.3 Å². The van der Waals surface area contributed by atoms with E-state index in [4.69, 9.17) is 0 Å². The molecule has 1 rings (SSSR count). The van der Waals surface area contributed by atoms with Gasteiger partial charge >= 0.3 is 6.61 Å². The molecule has 1 atom stereocenters. The number of alkyl halides is 4. The molecule has 0 heterocycles. The first-order valence-electron chi connectivity index (χ1n) is 4.77. The van der Waals surface area contributed by atoms with E-state index in [0.29, 0.717) is 10.9 Å². The molecular formula is C11H10Br2F2O2. The smallest absolute Gasteiger partial charge is 0.387 e. The van der Waals surface area contributed by atoms with Crippen LogP contribution in [0.25, 0.3) is 0 Å². The molecule has 2 nitrogen and oxygen atoms in total. The highest BCUT2D eigenvalue weighted by molar-refractivity contribution is 9.10. The largest absolute Gasteiger partial charge is 0.435 e. The standard InChI is InChI=1S/C11H10Br2F2O2/c1-6(13)10(16)9-4-8(17-11(14)15)3-2-7(9)5-12/h2-4,6,11H,5H2,1H3. The highest BCUT2D eigenvalue weighted by Crippen LogP contribution is 2.24. The Morgan fingerprint density at radius 2 is 2.12 bits per heavy atom. The van der Waals surface area contributed by atoms with Gasteiger partial charge < -0.3 is 4.74 Å². The van der Waals surface area contributed by atoms with Crippen molar-refractivity contribution in [1.82, 2.24) is 0 Å². The second-order valence-corrected chi connectivity index (χ2v) is 5.25. The van der Waals surface area contributed by atoms with Crippen molar-refractivity contribution in [2.75, 3.05) is 0 Å². The summed E-state index contributed by atoms with van der Waals surface area (Å²) in [6.07, 6.45) is 0. The molecule has 0 radical (unpaired) electrons. The van der Waals surface area contributed by atoms with Crippen molar-refractivity contribution in [3.05, 3.63) is 29.3 Å². The number of ketones is 1. The van der Waals surface area contributed by atoms with E-state index >= 15 is 0 Å². The normalized spacial score (nSPS) is 12.6. The second-order valence-electron chi connectivity index (χ2n) is 3.31. The molecule has 6 heteroatoms. The number of carbonyl (C=O) groups is 1. The van der Waals surface area contributed by atoms with Crippen LogP contribution in [-0.2, 0) is 5.33 Å². The lowest BCUT2D eigenvalue weighted by Crippen LogP contribution is -2.13. The van der Waals surface area contributed by atoms with Crippen molar-refractivity contribution in [1.29, 1.82) is 0 Å². The molecule has 0 spiro atoms. The molecule has 17 heavy (non-hydrogen) atoms. The molecule has 0 aliphatic carbocycles. The first-order chi connectivity index (χ1) is 7.95. The van der Waals surface area contributed by atoms with Gasteiger partial charge in [-0.25, -0.2) is 0 Å². The molecule has 0 saturated heterocycles. The molecule has 0 aliphatic rings. The van der Waals surface area contributed by atoms with Crippen LogP contribution in [0.4, 0.5) is 8.78 Å². The third kappa shape index (κ3) is 4.03. The van der Waals surface area contributed by atoms with Crippen molar-refractivity contribution in [3.8, 4) is 5.75 Å². The fourth-order valence-corrected chi connectivity index (χ4v) is 2.03. The number of carbonyl (C=O) groups excluding carboxylic acids is 1. The van der Waals surface area contributed by atoms with Crippen molar-refractivity contribution in [2.45, 2.75) is 23.7 Å². The molecule has 0 aromatic heterocycles. The molecule has 0 fully saturated rings. The van der Waals surface area contributed by atoms with Gasteiger partial charge in [0.2, 0.25) is 0 Å². The monoisotopic (exact) mass is 370 g/mol. The van der Waals surface area contributed by atoms with Gasteiger partial charge in [-0.2, -0.15) is 8.78 Å². The maximum Gasteiger partial charge on any atom is 0.387 e. The van der Waals surface area contributed by atoms with Crippen LogP contribution >= 0.6 is 31.9 Å². The second kappa shape index (κ2) is 6.44. The van der Waals surface area contributed by atoms with Gasteiger partial charge in [0.05, 0.1) is 4.83 Å². The lowest BCUT2D eigenvalue weighted by Gasteiger charge is -2.11. The molecule has 0 bridgehead atoms. The van der Waals surface area contributed by atoms with Crippen LogP contribution in [0.1, 0.15) is 22.8 Å². The molecule has 0 saturated carbocycles. The Morgan fingerprint density at radius 3 is 2.59 bits per heavy atom. The fraction of sp³-hybridized carbons (Fsp3) is 0.364. The van der Waals surface area contributed by atoms with E-state index in [-0.39, 0.29) is 16.4 Å². The molecule has 0 N–H and O–H groups in total. The zero-order valence-corrected chi connectivity index (χ0v) is 12.1. The summed E-state index contributed by atoms with van der Waals surface area (Å²) < 4.78 is 28.4. The van der Waals surface area contributed by atoms with Gasteiger partial charge in [-0.1, -0.05) is 37.9 Å². The summed E-state index contributed by atoms with van der Waals surface area (Å²) in [5, 5.41) is 0.475. The average molecular weight is 372 g/mol. The predicted molar refractivity (Wildman–Crippen MR) is 68.4 cm³/mol. The molecule has 0 amide bonds. The zero-order chi connectivity index (χ0) is 13.0. The fourth-order valence-electron chi connectivity index (χ4n) is 1.29. The van der Waals surface area contributed by atoms with Crippen LogP contribution in [0.15, 0.2) is 18.2 Å². The number of ether oxygens (including phenoxy) is 1. The van der Waals surface area contributed by atoms with Crippen molar-refractivity contribution in [3.63, 3.8) is 0 Å². The highest BCUT2D eigenvalue weighted by Gasteiger charge is 2.17. The SMILES string of the molecule is CC(Br)C(=O)c1cc(OC(F)F)ccc1CBr. The van der Waals surface area contributed by atoms with Crippen LogP contribution < -0.4 is 4.74 Å². The first kappa shape index (κ1) is 14.6. The molecule has 1 aromatic rings. The lowest BCUT2D eigenvalue weighted by atomic mass is 10.0. The summed E-state index contributed by atoms with van der Waals surface area (Å²) in [5.74, 6) is -0.180. The minimum absolute atomic E-state index is 0.0128. The Bertz CT molecular complexity index is 408. The van der Waals surface area contributed by atoms with Crippen LogP contribution in [0, 0.1) is 0 Å². The van der Waals surface area contributed by atoms with E-state index in [0.717, 1.165) is 5.56 Å². The third-order valence-electron chi connectivity index (χ3n) is 2.08. The van der Waals surface area contributed by atoms with Gasteiger partial charge in [-0.05, 0) is 24.6 Å². The predicted octanol–water partition coefficient (Wildman–Crippen LogP) is 4.15. The molecule has 94 valence electrons. The number of hydrogen-bond donors (Lipinski definition) is 0. The minimum atomic E-state index is -2.89. The molecule has 1 unspecified atom stereocenters. The van der Waals surface area contributed by atoms with Crippen molar-refractivity contribution >= 4 is 37.6 Å². The lowest BCUT2D eigenvalue weighted by molar-refractivity contribution is -0.0498. The topological polar surface area (TPSA) is 26.3 Å². The van der Waals surface area contributed by atoms with Gasteiger partial charge in [-0.3, -0.25) is 4.79 Å². The van der Waals surface area contributed by atoms with Crippen LogP contribution in [0.3, 0.4) is 0 Å². The number of rotatable bonds is 5. The van der Waals surface area contributed by atoms with E-state index < -0.39 is 6.61 Å². The quantitative estimate of drug-likeness (QED) is 0.574. The number of benzene rings is 1. The maximum absolute atomic E-state index is 12.1. The van der Waals surface area contributed by atoms with E-state index in [1.165, 1.54) is 12.1 Å². The minimum Gasteiger partial charge on any atom is -0.435 e. The van der Waals surface area contributed by atoms with Crippen LogP contribution in [0.2, 0.25) is 0 Å². The van der Waals surface area contributed by atoms with Gasteiger partial charge in [0, 0.05) is 10.9 Å². The summed E-state index contributed by atoms with van der Waals surface area (Å²) in [6, 6.07) is 4.34. The number of Topliss-reactive ketones (excluding diaryl/α,β-unsaturated/α-hetero) is 1. The summed E-state index contributed by atoms with van der Waals surface area (Å²) >= 11 is 6.41. The van der Waals surface area contributed by atoms with Gasteiger partial charge in [0.1, 0.15) is 5.75 Å². The average Bonchev–Trinajstić information content (AvgIpc) is 2.27. The van der Waals surface area contributed by atoms with E-state index in [9.17, 15) is 13.6 Å². The Kier molecular flexibility index (Phi) is 5.52. The van der Waals surface area contributed by atoms with Crippen LogP contribution in [-0.4, -0.2) is 17.2 Å². The van der Waals surface area contributed by atoms with Gasteiger partial charge in [-0.15, -0.1) is 0 Å². The Morgan fingerprint density at radius 1 is 1.47 bits per heavy atom. The van der Waals surface area contributed by atoms with Gasteiger partial charge in [0.15, 0.2) is 5.78 Å². The Hall–Kier alpha value is -0.490. The Labute approximate surface area is 115 Å². The maximum atomic E-state index is 12.1. The van der Waals surface area contributed by atoms with Crippen LogP contribution in [0.5, 0.6) is 5.75 Å². The van der Waals surface area contributed by atoms with E-state index in [1.54, 1.807) is 13.0 Å². The highest BCUT2D eigenvalue weighted by atomic mass is 79.9. The summed E-state index contributed by atoms with van der Waals surface area (Å²) in [4.78, 5) is 11.5. The number of halogens is 4. The Balaban J connectivity index is 3.10. The zero-order valence-electron chi connectivity index (χ0n) is 8.92. The summed E-state index contributed by atoms with van der Waals surface area (Å²) in [5.41, 5.74) is 1.12. The number of hydrogen-bond acceptors (Lipinski definition) is 2.